The third kappa shape index (κ3) is 3.05. The van der Waals surface area contributed by atoms with Crippen molar-refractivity contribution in [1.29, 1.82) is 0 Å². The molecule has 7 heteroatoms. The average molecular weight is 279 g/mol. The maximum absolute atomic E-state index is 11.3. The molecule has 7 nitrogen and oxygen atoms in total. The van der Waals surface area contributed by atoms with Gasteiger partial charge in [0, 0.05) is 0 Å². The van der Waals surface area contributed by atoms with Crippen molar-refractivity contribution in [1.82, 2.24) is 15.5 Å². The molecule has 0 aliphatic carbocycles. The Labute approximate surface area is 116 Å². The quantitative estimate of drug-likeness (QED) is 0.799. The van der Waals surface area contributed by atoms with E-state index in [9.17, 15) is 9.90 Å². The predicted octanol–water partition coefficient (Wildman–Crippen LogP) is 2.06. The molecule has 0 aliphatic rings. The van der Waals surface area contributed by atoms with Crippen molar-refractivity contribution in [2.45, 2.75) is 38.8 Å². The van der Waals surface area contributed by atoms with Gasteiger partial charge in [-0.05, 0) is 25.5 Å². The number of carboxylic acid groups (broad SMARTS) is 1. The second-order valence-electron chi connectivity index (χ2n) is 4.72. The SMILES string of the molecule is CCCC(C)(NCc1nnc(-c2ccco2)o1)C(=O)O. The number of carboxylic acids is 1. The number of nitrogens with one attached hydrogen (secondary N) is 1. The van der Waals surface area contributed by atoms with Crippen LogP contribution in [0.2, 0.25) is 0 Å². The van der Waals surface area contributed by atoms with Crippen molar-refractivity contribution in [2.24, 2.45) is 0 Å². The fourth-order valence-electron chi connectivity index (χ4n) is 1.87. The Morgan fingerprint density at radius 3 is 2.90 bits per heavy atom. The van der Waals surface area contributed by atoms with E-state index in [1.54, 1.807) is 19.1 Å². The summed E-state index contributed by atoms with van der Waals surface area (Å²) in [6, 6.07) is 3.43. The van der Waals surface area contributed by atoms with Gasteiger partial charge < -0.3 is 13.9 Å². The van der Waals surface area contributed by atoms with Crippen LogP contribution < -0.4 is 5.32 Å². The van der Waals surface area contributed by atoms with Crippen LogP contribution in [0.25, 0.3) is 11.7 Å². The van der Waals surface area contributed by atoms with Gasteiger partial charge in [-0.15, -0.1) is 10.2 Å². The fraction of sp³-hybridized carbons (Fsp3) is 0.462. The van der Waals surface area contributed by atoms with Gasteiger partial charge in [-0.25, -0.2) is 0 Å². The number of rotatable bonds is 7. The van der Waals surface area contributed by atoms with Crippen LogP contribution in [-0.4, -0.2) is 26.8 Å². The van der Waals surface area contributed by atoms with Gasteiger partial charge in [-0.3, -0.25) is 10.1 Å². The van der Waals surface area contributed by atoms with E-state index in [0.717, 1.165) is 6.42 Å². The third-order valence-corrected chi connectivity index (χ3v) is 3.05. The van der Waals surface area contributed by atoms with Gasteiger partial charge in [0.1, 0.15) is 5.54 Å². The largest absolute Gasteiger partial charge is 0.480 e. The molecule has 0 saturated carbocycles. The predicted molar refractivity (Wildman–Crippen MR) is 69.8 cm³/mol. The van der Waals surface area contributed by atoms with Crippen LogP contribution in [-0.2, 0) is 11.3 Å². The molecule has 2 N–H and O–H groups in total. The van der Waals surface area contributed by atoms with E-state index in [-0.39, 0.29) is 12.4 Å². The maximum atomic E-state index is 11.3. The lowest BCUT2D eigenvalue weighted by atomic mass is 9.96. The number of furan rings is 1. The van der Waals surface area contributed by atoms with Crippen molar-refractivity contribution in [2.75, 3.05) is 0 Å². The smallest absolute Gasteiger partial charge is 0.323 e. The monoisotopic (exact) mass is 279 g/mol. The molecule has 0 radical (unpaired) electrons. The normalized spacial score (nSPS) is 14.1. The van der Waals surface area contributed by atoms with E-state index < -0.39 is 11.5 Å². The first-order chi connectivity index (χ1) is 9.55. The van der Waals surface area contributed by atoms with Crippen molar-refractivity contribution in [3.8, 4) is 11.7 Å². The lowest BCUT2D eigenvalue weighted by Crippen LogP contribution is -2.49. The van der Waals surface area contributed by atoms with E-state index in [1.165, 1.54) is 6.26 Å². The molecule has 2 rings (SSSR count). The molecule has 0 bridgehead atoms. The minimum absolute atomic E-state index is 0.191. The summed E-state index contributed by atoms with van der Waals surface area (Å²) in [6.45, 7) is 3.77. The van der Waals surface area contributed by atoms with Gasteiger partial charge in [-0.1, -0.05) is 13.3 Å². The van der Waals surface area contributed by atoms with E-state index in [0.29, 0.717) is 18.1 Å². The van der Waals surface area contributed by atoms with Crippen LogP contribution in [0.3, 0.4) is 0 Å². The van der Waals surface area contributed by atoms with Crippen LogP contribution in [0.4, 0.5) is 0 Å². The Morgan fingerprint density at radius 2 is 2.30 bits per heavy atom. The Hall–Kier alpha value is -2.15. The van der Waals surface area contributed by atoms with Crippen molar-refractivity contribution in [3.05, 3.63) is 24.3 Å². The maximum Gasteiger partial charge on any atom is 0.323 e. The third-order valence-electron chi connectivity index (χ3n) is 3.05. The lowest BCUT2D eigenvalue weighted by molar-refractivity contribution is -0.144. The summed E-state index contributed by atoms with van der Waals surface area (Å²) in [6.07, 6.45) is 2.79. The molecule has 0 aliphatic heterocycles. The lowest BCUT2D eigenvalue weighted by Gasteiger charge is -2.24. The molecule has 1 atom stereocenters. The molecule has 0 fully saturated rings. The first-order valence-electron chi connectivity index (χ1n) is 6.40. The van der Waals surface area contributed by atoms with Crippen LogP contribution in [0.5, 0.6) is 0 Å². The summed E-state index contributed by atoms with van der Waals surface area (Å²) in [5, 5.41) is 19.9. The zero-order valence-electron chi connectivity index (χ0n) is 11.4. The summed E-state index contributed by atoms with van der Waals surface area (Å²) in [5.74, 6) is 0.183. The van der Waals surface area contributed by atoms with Gasteiger partial charge in [0.05, 0.1) is 12.8 Å². The second-order valence-corrected chi connectivity index (χ2v) is 4.72. The summed E-state index contributed by atoms with van der Waals surface area (Å²) >= 11 is 0. The molecular weight excluding hydrogens is 262 g/mol. The molecule has 0 saturated heterocycles. The highest BCUT2D eigenvalue weighted by Gasteiger charge is 2.31. The minimum atomic E-state index is -1.01. The first-order valence-corrected chi connectivity index (χ1v) is 6.40. The zero-order valence-corrected chi connectivity index (χ0v) is 11.4. The van der Waals surface area contributed by atoms with Crippen LogP contribution in [0.1, 0.15) is 32.6 Å². The van der Waals surface area contributed by atoms with Crippen molar-refractivity contribution < 1.29 is 18.7 Å². The summed E-state index contributed by atoms with van der Waals surface area (Å²) < 4.78 is 10.6. The van der Waals surface area contributed by atoms with Crippen molar-refractivity contribution in [3.63, 3.8) is 0 Å². The van der Waals surface area contributed by atoms with E-state index in [2.05, 4.69) is 15.5 Å². The topological polar surface area (TPSA) is 101 Å². The Balaban J connectivity index is 2.02. The number of hydrogen-bond acceptors (Lipinski definition) is 6. The van der Waals surface area contributed by atoms with E-state index in [4.69, 9.17) is 8.83 Å². The van der Waals surface area contributed by atoms with Crippen molar-refractivity contribution >= 4 is 5.97 Å². The van der Waals surface area contributed by atoms with E-state index >= 15 is 0 Å². The summed E-state index contributed by atoms with van der Waals surface area (Å²) in [7, 11) is 0. The van der Waals surface area contributed by atoms with Gasteiger partial charge in [-0.2, -0.15) is 0 Å². The first kappa shape index (κ1) is 14.3. The van der Waals surface area contributed by atoms with Crippen LogP contribution >= 0.6 is 0 Å². The number of carbonyl (C=O) groups is 1. The molecule has 0 spiro atoms. The minimum Gasteiger partial charge on any atom is -0.480 e. The molecule has 2 aromatic rings. The van der Waals surface area contributed by atoms with Gasteiger partial charge in [0.25, 0.3) is 5.89 Å². The highest BCUT2D eigenvalue weighted by atomic mass is 16.4. The fourth-order valence-corrected chi connectivity index (χ4v) is 1.87. The molecule has 2 heterocycles. The van der Waals surface area contributed by atoms with Gasteiger partial charge in [0.15, 0.2) is 5.76 Å². The van der Waals surface area contributed by atoms with Gasteiger partial charge >= 0.3 is 5.97 Å². The Bertz CT molecular complexity index is 564. The second kappa shape index (κ2) is 5.87. The standard InChI is InChI=1S/C13H17N3O4/c1-3-6-13(2,12(17)18)14-8-10-15-16-11(20-10)9-5-4-7-19-9/h4-5,7,14H,3,6,8H2,1-2H3,(H,17,18). The molecular formula is C13H17N3O4. The summed E-state index contributed by atoms with van der Waals surface area (Å²) in [4.78, 5) is 11.3. The number of hydrogen-bond donors (Lipinski definition) is 2. The number of nitrogens with zero attached hydrogens (tertiary/aromatic N) is 2. The van der Waals surface area contributed by atoms with Gasteiger partial charge in [0.2, 0.25) is 5.89 Å². The number of aliphatic carboxylic acids is 1. The molecule has 2 aromatic heterocycles. The Kier molecular flexibility index (Phi) is 4.19. The average Bonchev–Trinajstić information content (AvgIpc) is 3.07. The van der Waals surface area contributed by atoms with Crippen LogP contribution in [0, 0.1) is 0 Å². The molecule has 108 valence electrons. The number of aromatic nitrogens is 2. The molecule has 0 aromatic carbocycles. The highest BCUT2D eigenvalue weighted by molar-refractivity contribution is 5.78. The molecule has 0 amide bonds. The molecule has 1 unspecified atom stereocenters. The van der Waals surface area contributed by atoms with Crippen LogP contribution in [0.15, 0.2) is 27.2 Å². The summed E-state index contributed by atoms with van der Waals surface area (Å²) in [5.41, 5.74) is -1.01. The zero-order chi connectivity index (χ0) is 14.6. The molecule has 20 heavy (non-hydrogen) atoms. The highest BCUT2D eigenvalue weighted by Crippen LogP contribution is 2.19. The Morgan fingerprint density at radius 1 is 1.50 bits per heavy atom. The van der Waals surface area contributed by atoms with E-state index in [1.807, 2.05) is 6.92 Å².